The third-order valence-electron chi connectivity index (χ3n) is 5.04. The van der Waals surface area contributed by atoms with Crippen LogP contribution in [0.25, 0.3) is 10.2 Å². The van der Waals surface area contributed by atoms with Gasteiger partial charge in [0.15, 0.2) is 4.80 Å². The number of nitrogens with zero attached hydrogens (tertiary/aromatic N) is 2. The molecule has 7 nitrogen and oxygen atoms in total. The summed E-state index contributed by atoms with van der Waals surface area (Å²) in [5.74, 6) is -1.56. The van der Waals surface area contributed by atoms with Crippen LogP contribution in [0.2, 0.25) is 0 Å². The van der Waals surface area contributed by atoms with E-state index < -0.39 is 23.3 Å². The molecular formula is C24H27N3O4S. The molecule has 0 bridgehead atoms. The van der Waals surface area contributed by atoms with E-state index in [1.165, 1.54) is 11.3 Å². The number of carbonyl (C=O) groups excluding carboxylic acids is 2. The van der Waals surface area contributed by atoms with Crippen LogP contribution < -0.4 is 10.1 Å². The second-order valence-corrected chi connectivity index (χ2v) is 9.70. The lowest BCUT2D eigenvalue weighted by atomic mass is 9.95. The van der Waals surface area contributed by atoms with Crippen molar-refractivity contribution in [1.29, 1.82) is 0 Å². The van der Waals surface area contributed by atoms with Gasteiger partial charge < -0.3 is 15.0 Å². The van der Waals surface area contributed by atoms with Crippen LogP contribution in [0.5, 0.6) is 0 Å². The molecule has 0 spiro atoms. The zero-order valence-corrected chi connectivity index (χ0v) is 19.6. The standard InChI is InChI=1S/C24H27N3O4S/c1-6-17(21(29)30)27-18-12-11-16(25-22(31)24(3,4)5)13-19(18)32-23(27)26-20(28)15-9-7-14(2)8-10-15/h7-13,17H,6H2,1-5H3,(H,25,31)(H,29,30). The highest BCUT2D eigenvalue weighted by Crippen LogP contribution is 2.27. The molecule has 0 aliphatic carbocycles. The molecule has 0 aliphatic rings. The van der Waals surface area contributed by atoms with Gasteiger partial charge in [-0.15, -0.1) is 0 Å². The van der Waals surface area contributed by atoms with Crippen LogP contribution in [0, 0.1) is 12.3 Å². The molecule has 1 unspecified atom stereocenters. The molecule has 2 N–H and O–H groups in total. The second kappa shape index (κ2) is 9.08. The Morgan fingerprint density at radius 2 is 1.78 bits per heavy atom. The summed E-state index contributed by atoms with van der Waals surface area (Å²) in [6, 6.07) is 11.5. The van der Waals surface area contributed by atoms with E-state index in [0.29, 0.717) is 28.0 Å². The van der Waals surface area contributed by atoms with Gasteiger partial charge in [-0.1, -0.05) is 56.7 Å². The third-order valence-corrected chi connectivity index (χ3v) is 6.06. The topological polar surface area (TPSA) is 101 Å². The number of rotatable bonds is 5. The molecule has 32 heavy (non-hydrogen) atoms. The lowest BCUT2D eigenvalue weighted by Crippen LogP contribution is -2.28. The Hall–Kier alpha value is -3.26. The first-order chi connectivity index (χ1) is 15.0. The molecule has 3 aromatic rings. The average molecular weight is 454 g/mol. The van der Waals surface area contributed by atoms with Gasteiger partial charge in [0.05, 0.1) is 10.2 Å². The number of aliphatic carboxylic acids is 1. The fraction of sp³-hybridized carbons (Fsp3) is 0.333. The van der Waals surface area contributed by atoms with E-state index in [0.717, 1.165) is 10.3 Å². The normalized spacial score (nSPS) is 13.2. The molecule has 0 aliphatic heterocycles. The molecule has 168 valence electrons. The van der Waals surface area contributed by atoms with E-state index in [9.17, 15) is 19.5 Å². The number of hydrogen-bond acceptors (Lipinski definition) is 4. The van der Waals surface area contributed by atoms with Crippen molar-refractivity contribution in [3.8, 4) is 0 Å². The van der Waals surface area contributed by atoms with Gasteiger partial charge >= 0.3 is 5.97 Å². The Bertz CT molecular complexity index is 1250. The van der Waals surface area contributed by atoms with Crippen molar-refractivity contribution < 1.29 is 19.5 Å². The molecule has 1 aromatic heterocycles. The van der Waals surface area contributed by atoms with Crippen LogP contribution in [0.15, 0.2) is 47.5 Å². The van der Waals surface area contributed by atoms with E-state index in [2.05, 4.69) is 10.3 Å². The maximum Gasteiger partial charge on any atom is 0.326 e. The minimum absolute atomic E-state index is 0.127. The highest BCUT2D eigenvalue weighted by molar-refractivity contribution is 7.16. The highest BCUT2D eigenvalue weighted by atomic mass is 32.1. The van der Waals surface area contributed by atoms with Crippen LogP contribution in [-0.4, -0.2) is 27.5 Å². The summed E-state index contributed by atoms with van der Waals surface area (Å²) in [4.78, 5) is 41.7. The first kappa shape index (κ1) is 23.4. The smallest absolute Gasteiger partial charge is 0.326 e. The van der Waals surface area contributed by atoms with Crippen molar-refractivity contribution in [3.05, 3.63) is 58.4 Å². The minimum atomic E-state index is -0.999. The first-order valence-electron chi connectivity index (χ1n) is 10.4. The predicted molar refractivity (Wildman–Crippen MR) is 126 cm³/mol. The van der Waals surface area contributed by atoms with Crippen LogP contribution in [0.4, 0.5) is 5.69 Å². The summed E-state index contributed by atoms with van der Waals surface area (Å²) in [5, 5.41) is 12.7. The van der Waals surface area contributed by atoms with Gasteiger partial charge in [0.25, 0.3) is 5.91 Å². The number of benzene rings is 2. The van der Waals surface area contributed by atoms with Gasteiger partial charge in [-0.25, -0.2) is 4.79 Å². The zero-order valence-electron chi connectivity index (χ0n) is 18.8. The van der Waals surface area contributed by atoms with E-state index in [4.69, 9.17) is 0 Å². The number of aromatic nitrogens is 1. The quantitative estimate of drug-likeness (QED) is 0.581. The summed E-state index contributed by atoms with van der Waals surface area (Å²) < 4.78 is 2.32. The molecule has 0 saturated carbocycles. The third kappa shape index (κ3) is 4.96. The van der Waals surface area contributed by atoms with Crippen molar-refractivity contribution in [2.75, 3.05) is 5.32 Å². The molecular weight excluding hydrogens is 426 g/mol. The summed E-state index contributed by atoms with van der Waals surface area (Å²) in [5.41, 5.74) is 2.16. The number of fused-ring (bicyclic) bond motifs is 1. The summed E-state index contributed by atoms with van der Waals surface area (Å²) in [7, 11) is 0. The number of hydrogen-bond donors (Lipinski definition) is 2. The van der Waals surface area contributed by atoms with E-state index >= 15 is 0 Å². The number of aryl methyl sites for hydroxylation is 1. The zero-order chi connectivity index (χ0) is 23.6. The van der Waals surface area contributed by atoms with Crippen molar-refractivity contribution in [3.63, 3.8) is 0 Å². The van der Waals surface area contributed by atoms with E-state index in [1.807, 2.05) is 39.8 Å². The predicted octanol–water partition coefficient (Wildman–Crippen LogP) is 4.77. The number of thiazole rings is 1. The van der Waals surface area contributed by atoms with Crippen molar-refractivity contribution in [2.45, 2.75) is 47.1 Å². The fourth-order valence-electron chi connectivity index (χ4n) is 3.13. The summed E-state index contributed by atoms with van der Waals surface area (Å²) in [6.45, 7) is 9.18. The van der Waals surface area contributed by atoms with Crippen molar-refractivity contribution in [2.24, 2.45) is 10.4 Å². The molecule has 3 rings (SSSR count). The molecule has 8 heteroatoms. The largest absolute Gasteiger partial charge is 0.480 e. The highest BCUT2D eigenvalue weighted by Gasteiger charge is 2.24. The van der Waals surface area contributed by atoms with E-state index in [-0.39, 0.29) is 5.91 Å². The van der Waals surface area contributed by atoms with Gasteiger partial charge in [0, 0.05) is 16.7 Å². The van der Waals surface area contributed by atoms with Gasteiger partial charge in [-0.05, 0) is 43.7 Å². The average Bonchev–Trinajstić information content (AvgIpc) is 3.05. The number of carboxylic acids is 1. The Morgan fingerprint density at radius 3 is 2.34 bits per heavy atom. The SMILES string of the molecule is CCC(C(=O)O)n1c(=NC(=O)c2ccc(C)cc2)sc2cc(NC(=O)C(C)(C)C)ccc21. The summed E-state index contributed by atoms with van der Waals surface area (Å²) in [6.07, 6.45) is 0.329. The van der Waals surface area contributed by atoms with Crippen LogP contribution in [0.3, 0.4) is 0 Å². The van der Waals surface area contributed by atoms with Crippen LogP contribution in [-0.2, 0) is 9.59 Å². The van der Waals surface area contributed by atoms with Gasteiger partial charge in [-0.3, -0.25) is 9.59 Å². The maximum atomic E-state index is 12.8. The van der Waals surface area contributed by atoms with Crippen LogP contribution in [0.1, 0.15) is 56.1 Å². The molecule has 0 fully saturated rings. The van der Waals surface area contributed by atoms with E-state index in [1.54, 1.807) is 41.8 Å². The molecule has 0 saturated heterocycles. The molecule has 1 atom stereocenters. The Morgan fingerprint density at radius 1 is 1.12 bits per heavy atom. The molecule has 1 heterocycles. The minimum Gasteiger partial charge on any atom is -0.480 e. The first-order valence-corrected chi connectivity index (χ1v) is 11.2. The number of amides is 2. The van der Waals surface area contributed by atoms with Crippen molar-refractivity contribution >= 4 is 45.0 Å². The second-order valence-electron chi connectivity index (χ2n) is 8.69. The number of carbonyl (C=O) groups is 3. The number of anilines is 1. The fourth-order valence-corrected chi connectivity index (χ4v) is 4.24. The monoisotopic (exact) mass is 453 g/mol. The Balaban J connectivity index is 2.15. The molecule has 0 radical (unpaired) electrons. The van der Waals surface area contributed by atoms with Gasteiger partial charge in [0.2, 0.25) is 5.91 Å². The Kier molecular flexibility index (Phi) is 6.64. The number of nitrogens with one attached hydrogen (secondary N) is 1. The molecule has 2 amide bonds. The summed E-state index contributed by atoms with van der Waals surface area (Å²) >= 11 is 1.22. The Labute approximate surface area is 190 Å². The molecule has 2 aromatic carbocycles. The lowest BCUT2D eigenvalue weighted by molar-refractivity contribution is -0.141. The van der Waals surface area contributed by atoms with Gasteiger partial charge in [-0.2, -0.15) is 4.99 Å². The van der Waals surface area contributed by atoms with Crippen molar-refractivity contribution in [1.82, 2.24) is 4.57 Å². The lowest BCUT2D eigenvalue weighted by Gasteiger charge is -2.18. The van der Waals surface area contributed by atoms with Crippen LogP contribution >= 0.6 is 11.3 Å². The number of carboxylic acid groups (broad SMARTS) is 1. The maximum absolute atomic E-state index is 12.8. The van der Waals surface area contributed by atoms with Gasteiger partial charge in [0.1, 0.15) is 6.04 Å².